The van der Waals surface area contributed by atoms with Crippen molar-refractivity contribution >= 4 is 5.97 Å². The minimum atomic E-state index is -1.07. The van der Waals surface area contributed by atoms with Gasteiger partial charge in [-0.15, -0.1) is 0 Å². The lowest BCUT2D eigenvalue weighted by molar-refractivity contribution is -0.135. The van der Waals surface area contributed by atoms with Gasteiger partial charge in [-0.25, -0.2) is 4.79 Å². The molecule has 1 saturated heterocycles. The Morgan fingerprint density at radius 1 is 1.64 bits per heavy atom. The predicted octanol–water partition coefficient (Wildman–Crippen LogP) is 0.893. The summed E-state index contributed by atoms with van der Waals surface area (Å²) in [6, 6.07) is 1.60. The number of furan rings is 1. The molecule has 0 unspecified atom stereocenters. The van der Waals surface area contributed by atoms with E-state index >= 15 is 0 Å². The molecule has 0 aromatic carbocycles. The van der Waals surface area contributed by atoms with Crippen molar-refractivity contribution in [2.24, 2.45) is 0 Å². The normalized spacial score (nSPS) is 16.6. The van der Waals surface area contributed by atoms with E-state index in [-0.39, 0.29) is 18.5 Å². The van der Waals surface area contributed by atoms with Crippen LogP contribution in [0.2, 0.25) is 0 Å². The van der Waals surface area contributed by atoms with Crippen LogP contribution in [0.1, 0.15) is 16.1 Å². The Morgan fingerprint density at radius 3 is 3.00 bits per heavy atom. The van der Waals surface area contributed by atoms with Crippen LogP contribution in [-0.4, -0.2) is 30.4 Å². The zero-order valence-corrected chi connectivity index (χ0v) is 7.43. The van der Waals surface area contributed by atoms with Crippen LogP contribution in [-0.2, 0) is 16.1 Å². The van der Waals surface area contributed by atoms with Gasteiger partial charge < -0.3 is 19.0 Å². The van der Waals surface area contributed by atoms with E-state index in [9.17, 15) is 4.79 Å². The molecule has 1 fully saturated rings. The van der Waals surface area contributed by atoms with Gasteiger partial charge >= 0.3 is 5.97 Å². The van der Waals surface area contributed by atoms with Crippen molar-refractivity contribution in [1.29, 1.82) is 0 Å². The second-order valence-corrected chi connectivity index (χ2v) is 3.05. The summed E-state index contributed by atoms with van der Waals surface area (Å²) in [6.45, 7) is 1.42. The Bertz CT molecular complexity index is 326. The molecule has 0 radical (unpaired) electrons. The summed E-state index contributed by atoms with van der Waals surface area (Å²) in [5.74, 6) is -1.12. The van der Waals surface area contributed by atoms with E-state index in [1.165, 1.54) is 6.26 Å². The minimum Gasteiger partial charge on any atom is -0.475 e. The first-order chi connectivity index (χ1) is 6.77. The van der Waals surface area contributed by atoms with Gasteiger partial charge in [0.05, 0.1) is 26.1 Å². The number of ether oxygens (including phenoxy) is 2. The van der Waals surface area contributed by atoms with Gasteiger partial charge in [-0.05, 0) is 6.07 Å². The third-order valence-electron chi connectivity index (χ3n) is 2.02. The van der Waals surface area contributed by atoms with Gasteiger partial charge in [0, 0.05) is 5.56 Å². The standard InChI is InChI=1S/C9H10O5/c10-9(11)8-6(1-2-13-8)3-14-7-4-12-5-7/h1-2,7H,3-5H2,(H,10,11). The number of hydrogen-bond donors (Lipinski definition) is 1. The molecule has 1 aromatic rings. The molecule has 1 aromatic heterocycles. The third kappa shape index (κ3) is 1.78. The Kier molecular flexibility index (Phi) is 2.51. The molecule has 1 N–H and O–H groups in total. The molecule has 2 rings (SSSR count). The number of hydrogen-bond acceptors (Lipinski definition) is 4. The average Bonchev–Trinajstić information content (AvgIpc) is 2.49. The van der Waals surface area contributed by atoms with Crippen LogP contribution < -0.4 is 0 Å². The molecule has 2 heterocycles. The minimum absolute atomic E-state index is 0.0507. The Labute approximate surface area is 80.2 Å². The highest BCUT2D eigenvalue weighted by atomic mass is 16.6. The second kappa shape index (κ2) is 3.81. The highest BCUT2D eigenvalue weighted by molar-refractivity contribution is 5.85. The van der Waals surface area contributed by atoms with Gasteiger partial charge in [-0.1, -0.05) is 0 Å². The molecule has 76 valence electrons. The zero-order valence-electron chi connectivity index (χ0n) is 7.43. The van der Waals surface area contributed by atoms with Crippen LogP contribution in [0.15, 0.2) is 16.7 Å². The molecule has 0 bridgehead atoms. The summed E-state index contributed by atoms with van der Waals surface area (Å²) >= 11 is 0. The summed E-state index contributed by atoms with van der Waals surface area (Å²) < 4.78 is 15.1. The summed E-state index contributed by atoms with van der Waals surface area (Å²) in [6.07, 6.45) is 1.44. The Hall–Kier alpha value is -1.33. The SMILES string of the molecule is O=C(O)c1occc1COC1COC1. The van der Waals surface area contributed by atoms with E-state index in [0.717, 1.165) is 0 Å². The van der Waals surface area contributed by atoms with Gasteiger partial charge in [-0.3, -0.25) is 0 Å². The van der Waals surface area contributed by atoms with Gasteiger partial charge in [-0.2, -0.15) is 0 Å². The molecule has 14 heavy (non-hydrogen) atoms. The lowest BCUT2D eigenvalue weighted by Crippen LogP contribution is -2.35. The number of aromatic carboxylic acids is 1. The lowest BCUT2D eigenvalue weighted by atomic mass is 10.2. The molecule has 0 aliphatic carbocycles. The number of carbonyl (C=O) groups is 1. The van der Waals surface area contributed by atoms with E-state index in [0.29, 0.717) is 18.8 Å². The predicted molar refractivity (Wildman–Crippen MR) is 45.1 cm³/mol. The number of carboxylic acid groups (broad SMARTS) is 1. The monoisotopic (exact) mass is 198 g/mol. The topological polar surface area (TPSA) is 68.9 Å². The Morgan fingerprint density at radius 2 is 2.43 bits per heavy atom. The number of carboxylic acids is 1. The van der Waals surface area contributed by atoms with Crippen molar-refractivity contribution in [3.05, 3.63) is 23.7 Å². The molecule has 5 heteroatoms. The van der Waals surface area contributed by atoms with E-state index in [1.54, 1.807) is 6.07 Å². The number of rotatable bonds is 4. The van der Waals surface area contributed by atoms with Crippen LogP contribution >= 0.6 is 0 Å². The fourth-order valence-corrected chi connectivity index (χ4v) is 1.15. The first-order valence-corrected chi connectivity index (χ1v) is 4.26. The highest BCUT2D eigenvalue weighted by Gasteiger charge is 2.21. The second-order valence-electron chi connectivity index (χ2n) is 3.05. The molecule has 0 atom stereocenters. The van der Waals surface area contributed by atoms with E-state index in [2.05, 4.69) is 0 Å². The molecular formula is C9H10O5. The van der Waals surface area contributed by atoms with Crippen molar-refractivity contribution in [2.45, 2.75) is 12.7 Å². The maximum atomic E-state index is 10.6. The smallest absolute Gasteiger partial charge is 0.372 e. The van der Waals surface area contributed by atoms with E-state index in [1.807, 2.05) is 0 Å². The Balaban J connectivity index is 1.94. The fourth-order valence-electron chi connectivity index (χ4n) is 1.15. The van der Waals surface area contributed by atoms with Crippen LogP contribution in [0, 0.1) is 0 Å². The van der Waals surface area contributed by atoms with Crippen molar-refractivity contribution in [3.63, 3.8) is 0 Å². The van der Waals surface area contributed by atoms with Crippen LogP contribution in [0.4, 0.5) is 0 Å². The summed E-state index contributed by atoms with van der Waals surface area (Å²) in [7, 11) is 0. The fraction of sp³-hybridized carbons (Fsp3) is 0.444. The van der Waals surface area contributed by atoms with Gasteiger partial charge in [0.2, 0.25) is 5.76 Å². The molecule has 0 saturated carbocycles. The van der Waals surface area contributed by atoms with E-state index < -0.39 is 5.97 Å². The van der Waals surface area contributed by atoms with Crippen LogP contribution in [0.5, 0.6) is 0 Å². The first kappa shape index (κ1) is 9.23. The van der Waals surface area contributed by atoms with Gasteiger partial charge in [0.25, 0.3) is 0 Å². The molecule has 0 amide bonds. The lowest BCUT2D eigenvalue weighted by Gasteiger charge is -2.25. The highest BCUT2D eigenvalue weighted by Crippen LogP contribution is 2.14. The molecule has 0 spiro atoms. The summed E-state index contributed by atoms with van der Waals surface area (Å²) in [5, 5.41) is 8.72. The van der Waals surface area contributed by atoms with Gasteiger partial charge in [0.15, 0.2) is 0 Å². The maximum absolute atomic E-state index is 10.6. The van der Waals surface area contributed by atoms with Gasteiger partial charge in [0.1, 0.15) is 6.10 Å². The van der Waals surface area contributed by atoms with Crippen LogP contribution in [0.25, 0.3) is 0 Å². The first-order valence-electron chi connectivity index (χ1n) is 4.26. The van der Waals surface area contributed by atoms with E-state index in [4.69, 9.17) is 19.0 Å². The molecule has 5 nitrogen and oxygen atoms in total. The molecule has 1 aliphatic heterocycles. The van der Waals surface area contributed by atoms with Crippen molar-refractivity contribution in [3.8, 4) is 0 Å². The average molecular weight is 198 g/mol. The zero-order chi connectivity index (χ0) is 9.97. The molecule has 1 aliphatic rings. The van der Waals surface area contributed by atoms with Crippen LogP contribution in [0.3, 0.4) is 0 Å². The summed E-state index contributed by atoms with van der Waals surface area (Å²) in [4.78, 5) is 10.6. The van der Waals surface area contributed by atoms with Crippen molar-refractivity contribution in [2.75, 3.05) is 13.2 Å². The van der Waals surface area contributed by atoms with Crippen molar-refractivity contribution < 1.29 is 23.8 Å². The summed E-state index contributed by atoms with van der Waals surface area (Å²) in [5.41, 5.74) is 0.560. The quantitative estimate of drug-likeness (QED) is 0.778. The maximum Gasteiger partial charge on any atom is 0.372 e. The third-order valence-corrected chi connectivity index (χ3v) is 2.02. The van der Waals surface area contributed by atoms with Crippen molar-refractivity contribution in [1.82, 2.24) is 0 Å². The largest absolute Gasteiger partial charge is 0.475 e. The molecular weight excluding hydrogens is 188 g/mol.